The zero-order chi connectivity index (χ0) is 13.3. The lowest BCUT2D eigenvalue weighted by molar-refractivity contribution is 0.206. The van der Waals surface area contributed by atoms with E-state index in [1.54, 1.807) is 7.05 Å². The van der Waals surface area contributed by atoms with Gasteiger partial charge in [-0.15, -0.1) is 23.2 Å². The first-order valence-electron chi connectivity index (χ1n) is 6.89. The first-order valence-corrected chi connectivity index (χ1v) is 7.76. The Morgan fingerprint density at radius 2 is 1.83 bits per heavy atom. The van der Waals surface area contributed by atoms with Gasteiger partial charge in [-0.05, 0) is 25.7 Å². The van der Waals surface area contributed by atoms with Crippen LogP contribution in [0.1, 0.15) is 45.4 Å². The highest BCUT2D eigenvalue weighted by Gasteiger charge is 2.47. The Kier molecular flexibility index (Phi) is 4.59. The van der Waals surface area contributed by atoms with Crippen LogP contribution in [0.25, 0.3) is 0 Å². The molecule has 0 aliphatic heterocycles. The van der Waals surface area contributed by atoms with Crippen LogP contribution < -0.4 is 0 Å². The van der Waals surface area contributed by atoms with Crippen LogP contribution in [0.2, 0.25) is 0 Å². The second-order valence-corrected chi connectivity index (χ2v) is 7.02. The highest BCUT2D eigenvalue weighted by molar-refractivity contribution is 6.31. The van der Waals surface area contributed by atoms with Gasteiger partial charge >= 0.3 is 0 Å². The minimum absolute atomic E-state index is 0.0326. The molecule has 0 saturated heterocycles. The minimum Gasteiger partial charge on any atom is -0.296 e. The maximum absolute atomic E-state index is 14.3. The molecule has 18 heavy (non-hydrogen) atoms. The largest absolute Gasteiger partial charge is 0.296 e. The van der Waals surface area contributed by atoms with Crippen LogP contribution in [0.3, 0.4) is 0 Å². The topological polar surface area (TPSA) is 12.4 Å². The number of hydrogen-bond acceptors (Lipinski definition) is 1. The van der Waals surface area contributed by atoms with Crippen molar-refractivity contribution in [1.29, 1.82) is 0 Å². The van der Waals surface area contributed by atoms with E-state index in [1.807, 2.05) is 0 Å². The van der Waals surface area contributed by atoms with E-state index < -0.39 is 6.17 Å². The van der Waals surface area contributed by atoms with Crippen LogP contribution in [0.15, 0.2) is 4.99 Å². The van der Waals surface area contributed by atoms with E-state index in [0.717, 1.165) is 18.6 Å². The molecule has 0 N–H and O–H groups in total. The van der Waals surface area contributed by atoms with Crippen molar-refractivity contribution >= 4 is 28.9 Å². The lowest BCUT2D eigenvalue weighted by Gasteiger charge is -2.40. The van der Waals surface area contributed by atoms with Crippen molar-refractivity contribution in [3.05, 3.63) is 0 Å². The highest BCUT2D eigenvalue weighted by Crippen LogP contribution is 2.46. The number of nitrogens with zero attached hydrogens (tertiary/aromatic N) is 1. The molecule has 2 aliphatic rings. The Hall–Kier alpha value is 0.180. The van der Waals surface area contributed by atoms with Crippen LogP contribution in [-0.4, -0.2) is 29.7 Å². The third kappa shape index (κ3) is 2.56. The smallest absolute Gasteiger partial charge is 0.110 e. The Labute approximate surface area is 119 Å². The number of halogens is 3. The molecule has 4 unspecified atom stereocenters. The SMILES string of the molecule is CN=C(C1C(F)CCC(Cl)C1Cl)C1(C)CCCC1. The van der Waals surface area contributed by atoms with Gasteiger partial charge in [0, 0.05) is 24.1 Å². The molecule has 2 fully saturated rings. The number of alkyl halides is 3. The van der Waals surface area contributed by atoms with Gasteiger partial charge in [0.05, 0.1) is 10.8 Å². The normalized spacial score (nSPS) is 41.1. The van der Waals surface area contributed by atoms with Crippen LogP contribution in [0.4, 0.5) is 4.39 Å². The third-order valence-electron chi connectivity index (χ3n) is 4.68. The molecule has 0 heterocycles. The van der Waals surface area contributed by atoms with Gasteiger partial charge in [-0.25, -0.2) is 4.39 Å². The van der Waals surface area contributed by atoms with Crippen molar-refractivity contribution in [3.63, 3.8) is 0 Å². The van der Waals surface area contributed by atoms with E-state index in [4.69, 9.17) is 23.2 Å². The number of rotatable bonds is 2. The van der Waals surface area contributed by atoms with Crippen LogP contribution >= 0.6 is 23.2 Å². The molecule has 4 atom stereocenters. The average Bonchev–Trinajstić information content (AvgIpc) is 2.77. The predicted molar refractivity (Wildman–Crippen MR) is 76.8 cm³/mol. The molecule has 0 radical (unpaired) electrons. The second-order valence-electron chi connectivity index (χ2n) is 5.96. The Balaban J connectivity index is 2.26. The fraction of sp³-hybridized carbons (Fsp3) is 0.929. The summed E-state index contributed by atoms with van der Waals surface area (Å²) in [7, 11) is 1.77. The predicted octanol–water partition coefficient (Wildman–Crippen LogP) is 4.60. The zero-order valence-corrected chi connectivity index (χ0v) is 12.6. The Bertz CT molecular complexity index is 326. The molecule has 0 amide bonds. The van der Waals surface area contributed by atoms with Gasteiger partial charge in [0.1, 0.15) is 6.17 Å². The molecule has 0 aromatic heterocycles. The third-order valence-corrected chi connectivity index (χ3v) is 5.87. The van der Waals surface area contributed by atoms with Crippen LogP contribution in [0, 0.1) is 11.3 Å². The van der Waals surface area contributed by atoms with Crippen molar-refractivity contribution in [2.75, 3.05) is 7.05 Å². The molecule has 0 aromatic carbocycles. The maximum atomic E-state index is 14.3. The molecule has 1 nitrogen and oxygen atoms in total. The summed E-state index contributed by atoms with van der Waals surface area (Å²) in [4.78, 5) is 4.43. The first-order chi connectivity index (χ1) is 8.49. The summed E-state index contributed by atoms with van der Waals surface area (Å²) in [6.45, 7) is 2.20. The van der Waals surface area contributed by atoms with Crippen LogP contribution in [-0.2, 0) is 0 Å². The van der Waals surface area contributed by atoms with E-state index in [9.17, 15) is 4.39 Å². The summed E-state index contributed by atoms with van der Waals surface area (Å²) >= 11 is 12.6. The molecule has 0 spiro atoms. The van der Waals surface area contributed by atoms with Gasteiger partial charge < -0.3 is 0 Å². The summed E-state index contributed by atoms with van der Waals surface area (Å²) in [5, 5.41) is -0.461. The zero-order valence-electron chi connectivity index (χ0n) is 11.1. The summed E-state index contributed by atoms with van der Waals surface area (Å²) in [6, 6.07) is 0. The summed E-state index contributed by atoms with van der Waals surface area (Å²) in [5.74, 6) is -0.295. The molecule has 104 valence electrons. The van der Waals surface area contributed by atoms with E-state index in [0.29, 0.717) is 12.8 Å². The fourth-order valence-electron chi connectivity index (χ4n) is 3.64. The molecule has 0 aromatic rings. The lowest BCUT2D eigenvalue weighted by atomic mass is 9.71. The quantitative estimate of drug-likeness (QED) is 0.521. The Morgan fingerprint density at radius 1 is 1.22 bits per heavy atom. The summed E-state index contributed by atoms with van der Waals surface area (Å²) < 4.78 is 14.3. The average molecular weight is 294 g/mol. The molecule has 2 aliphatic carbocycles. The van der Waals surface area contributed by atoms with E-state index in [2.05, 4.69) is 11.9 Å². The molecule has 0 bridgehead atoms. The van der Waals surface area contributed by atoms with Gasteiger partial charge in [-0.3, -0.25) is 4.99 Å². The minimum atomic E-state index is -0.890. The van der Waals surface area contributed by atoms with Crippen molar-refractivity contribution in [1.82, 2.24) is 0 Å². The number of aliphatic imine (C=N–C) groups is 1. The lowest BCUT2D eigenvalue weighted by Crippen LogP contribution is -2.47. The first kappa shape index (κ1) is 14.6. The number of hydrogen-bond donors (Lipinski definition) is 0. The van der Waals surface area contributed by atoms with E-state index in [1.165, 1.54) is 12.8 Å². The summed E-state index contributed by atoms with van der Waals surface area (Å²) in [5.41, 5.74) is 1.00. The standard InChI is InChI=1S/C14H22Cl2FN/c1-14(7-3-4-8-14)13(18-2)11-10(17)6-5-9(15)12(11)16/h9-12H,3-8H2,1-2H3. The second kappa shape index (κ2) is 5.66. The van der Waals surface area contributed by atoms with Crippen LogP contribution in [0.5, 0.6) is 0 Å². The van der Waals surface area contributed by atoms with Crippen molar-refractivity contribution < 1.29 is 4.39 Å². The molecule has 4 heteroatoms. The molecule has 2 rings (SSSR count). The molecular weight excluding hydrogens is 272 g/mol. The van der Waals surface area contributed by atoms with E-state index >= 15 is 0 Å². The van der Waals surface area contributed by atoms with Gasteiger partial charge in [0.25, 0.3) is 0 Å². The molecular formula is C14H22Cl2FN. The van der Waals surface area contributed by atoms with Gasteiger partial charge in [0.15, 0.2) is 0 Å². The fourth-order valence-corrected chi connectivity index (χ4v) is 4.32. The maximum Gasteiger partial charge on any atom is 0.110 e. The highest BCUT2D eigenvalue weighted by atomic mass is 35.5. The van der Waals surface area contributed by atoms with Crippen molar-refractivity contribution in [3.8, 4) is 0 Å². The van der Waals surface area contributed by atoms with Crippen molar-refractivity contribution in [2.24, 2.45) is 16.3 Å². The van der Waals surface area contributed by atoms with Crippen molar-refractivity contribution in [2.45, 2.75) is 62.4 Å². The monoisotopic (exact) mass is 293 g/mol. The van der Waals surface area contributed by atoms with E-state index in [-0.39, 0.29) is 22.1 Å². The van der Waals surface area contributed by atoms with Gasteiger partial charge in [-0.2, -0.15) is 0 Å². The Morgan fingerprint density at radius 3 is 2.39 bits per heavy atom. The van der Waals surface area contributed by atoms with Gasteiger partial charge in [0.2, 0.25) is 0 Å². The summed E-state index contributed by atoms with van der Waals surface area (Å²) in [6.07, 6.45) is 4.89. The van der Waals surface area contributed by atoms with Gasteiger partial charge in [-0.1, -0.05) is 19.8 Å². The molecule has 2 saturated carbocycles.